The summed E-state index contributed by atoms with van der Waals surface area (Å²) in [7, 11) is 0. The first-order chi connectivity index (χ1) is 16.5. The number of nitro groups is 1. The number of carbonyl (C=O) groups excluding carboxylic acids is 2. The first-order valence-corrected chi connectivity index (χ1v) is 10.5. The normalized spacial score (nSPS) is 14.3. The molecule has 1 aliphatic heterocycles. The molecule has 1 saturated heterocycles. The SMILES string of the molecule is CCOc1cc(/C=C2/NC(=O)N(c3ccccc3)C2=O)ccc1OCc1cccc([N+](=O)[O-])c1. The Hall–Kier alpha value is -4.66. The number of nitro benzene ring substituents is 1. The third-order valence-electron chi connectivity index (χ3n) is 4.99. The van der Waals surface area contributed by atoms with Crippen LogP contribution in [0.2, 0.25) is 0 Å². The number of amides is 3. The van der Waals surface area contributed by atoms with Crippen molar-refractivity contribution in [3.63, 3.8) is 0 Å². The van der Waals surface area contributed by atoms with Crippen LogP contribution in [0.4, 0.5) is 16.2 Å². The summed E-state index contributed by atoms with van der Waals surface area (Å²) in [6, 6.07) is 19.4. The van der Waals surface area contributed by atoms with Gasteiger partial charge in [-0.25, -0.2) is 9.69 Å². The van der Waals surface area contributed by atoms with E-state index >= 15 is 0 Å². The molecule has 1 fully saturated rings. The highest BCUT2D eigenvalue weighted by Crippen LogP contribution is 2.31. The van der Waals surface area contributed by atoms with E-state index < -0.39 is 16.9 Å². The minimum Gasteiger partial charge on any atom is -0.490 e. The zero-order chi connectivity index (χ0) is 24.1. The largest absolute Gasteiger partial charge is 0.490 e. The van der Waals surface area contributed by atoms with Crippen molar-refractivity contribution in [2.75, 3.05) is 11.5 Å². The fourth-order valence-corrected chi connectivity index (χ4v) is 3.44. The van der Waals surface area contributed by atoms with Crippen LogP contribution in [0.1, 0.15) is 18.1 Å². The summed E-state index contributed by atoms with van der Waals surface area (Å²) >= 11 is 0. The summed E-state index contributed by atoms with van der Waals surface area (Å²) < 4.78 is 11.5. The number of non-ortho nitro benzene ring substituents is 1. The van der Waals surface area contributed by atoms with Gasteiger partial charge in [0.2, 0.25) is 0 Å². The summed E-state index contributed by atoms with van der Waals surface area (Å²) in [6.45, 7) is 2.32. The summed E-state index contributed by atoms with van der Waals surface area (Å²) in [5.74, 6) is 0.433. The lowest BCUT2D eigenvalue weighted by atomic mass is 10.1. The van der Waals surface area contributed by atoms with Gasteiger partial charge in [0.15, 0.2) is 11.5 Å². The Morgan fingerprint density at radius 1 is 0.971 bits per heavy atom. The van der Waals surface area contributed by atoms with Crippen LogP contribution in [0.25, 0.3) is 6.08 Å². The summed E-state index contributed by atoms with van der Waals surface area (Å²) in [5.41, 5.74) is 1.88. The predicted molar refractivity (Wildman–Crippen MR) is 125 cm³/mol. The molecule has 9 nitrogen and oxygen atoms in total. The van der Waals surface area contributed by atoms with E-state index in [0.717, 1.165) is 4.90 Å². The van der Waals surface area contributed by atoms with Crippen molar-refractivity contribution < 1.29 is 24.0 Å². The minimum absolute atomic E-state index is 0.0130. The van der Waals surface area contributed by atoms with Crippen LogP contribution in [0.5, 0.6) is 11.5 Å². The standard InChI is InChI=1S/C25H21N3O6/c1-2-33-23-15-17(11-12-22(23)34-16-18-7-6-10-20(13-18)28(31)32)14-21-24(29)27(25(30)26-21)19-8-4-3-5-9-19/h3-15H,2,16H2,1H3,(H,26,30)/b21-14+. The lowest BCUT2D eigenvalue weighted by Crippen LogP contribution is -2.30. The lowest BCUT2D eigenvalue weighted by molar-refractivity contribution is -0.384. The topological polar surface area (TPSA) is 111 Å². The van der Waals surface area contributed by atoms with E-state index in [9.17, 15) is 19.7 Å². The van der Waals surface area contributed by atoms with Gasteiger partial charge in [0.1, 0.15) is 12.3 Å². The number of hydrogen-bond acceptors (Lipinski definition) is 6. The van der Waals surface area contributed by atoms with Gasteiger partial charge in [-0.2, -0.15) is 0 Å². The van der Waals surface area contributed by atoms with Crippen LogP contribution < -0.4 is 19.7 Å². The van der Waals surface area contributed by atoms with Crippen LogP contribution in [0.15, 0.2) is 78.5 Å². The number of benzene rings is 3. The first-order valence-electron chi connectivity index (χ1n) is 10.5. The Morgan fingerprint density at radius 3 is 2.50 bits per heavy atom. The molecule has 3 aromatic carbocycles. The molecule has 0 aromatic heterocycles. The van der Waals surface area contributed by atoms with Crippen molar-refractivity contribution >= 4 is 29.4 Å². The van der Waals surface area contributed by atoms with Crippen LogP contribution in [0.3, 0.4) is 0 Å². The van der Waals surface area contributed by atoms with E-state index in [0.29, 0.717) is 34.9 Å². The lowest BCUT2D eigenvalue weighted by Gasteiger charge is -2.13. The average molecular weight is 459 g/mol. The molecular weight excluding hydrogens is 438 g/mol. The molecule has 0 radical (unpaired) electrons. The zero-order valence-electron chi connectivity index (χ0n) is 18.3. The Bertz CT molecular complexity index is 1270. The summed E-state index contributed by atoms with van der Waals surface area (Å²) in [4.78, 5) is 36.8. The second kappa shape index (κ2) is 9.86. The number of ether oxygens (including phenoxy) is 2. The molecule has 3 amide bonds. The van der Waals surface area contributed by atoms with Gasteiger partial charge in [-0.05, 0) is 48.4 Å². The van der Waals surface area contributed by atoms with Gasteiger partial charge in [0.25, 0.3) is 11.6 Å². The number of nitrogens with zero attached hydrogens (tertiary/aromatic N) is 2. The molecule has 0 atom stereocenters. The van der Waals surface area contributed by atoms with Gasteiger partial charge >= 0.3 is 6.03 Å². The molecule has 0 unspecified atom stereocenters. The zero-order valence-corrected chi connectivity index (χ0v) is 18.3. The summed E-state index contributed by atoms with van der Waals surface area (Å²) in [6.07, 6.45) is 1.57. The highest BCUT2D eigenvalue weighted by molar-refractivity contribution is 6.28. The van der Waals surface area contributed by atoms with Crippen LogP contribution in [-0.2, 0) is 11.4 Å². The molecule has 0 bridgehead atoms. The quantitative estimate of drug-likeness (QED) is 0.227. The second-order valence-electron chi connectivity index (χ2n) is 7.32. The second-order valence-corrected chi connectivity index (χ2v) is 7.32. The number of para-hydroxylation sites is 1. The number of anilines is 1. The molecule has 3 aromatic rings. The number of imide groups is 1. The Labute approximate surface area is 195 Å². The number of carbonyl (C=O) groups is 2. The predicted octanol–water partition coefficient (Wildman–Crippen LogP) is 4.67. The molecule has 9 heteroatoms. The van der Waals surface area contributed by atoms with Gasteiger partial charge in [0, 0.05) is 12.1 Å². The average Bonchev–Trinajstić information content (AvgIpc) is 3.12. The highest BCUT2D eigenvalue weighted by atomic mass is 16.6. The van der Waals surface area contributed by atoms with E-state index in [1.807, 2.05) is 6.92 Å². The van der Waals surface area contributed by atoms with Crippen molar-refractivity contribution in [2.45, 2.75) is 13.5 Å². The van der Waals surface area contributed by atoms with E-state index in [-0.39, 0.29) is 18.0 Å². The fraction of sp³-hybridized carbons (Fsp3) is 0.120. The van der Waals surface area contributed by atoms with E-state index in [2.05, 4.69) is 5.32 Å². The highest BCUT2D eigenvalue weighted by Gasteiger charge is 2.34. The van der Waals surface area contributed by atoms with Gasteiger partial charge in [-0.15, -0.1) is 0 Å². The summed E-state index contributed by atoms with van der Waals surface area (Å²) in [5, 5.41) is 13.6. The molecule has 1 heterocycles. The van der Waals surface area contributed by atoms with Crippen LogP contribution >= 0.6 is 0 Å². The number of rotatable bonds is 8. The molecule has 0 aliphatic carbocycles. The van der Waals surface area contributed by atoms with Gasteiger partial charge in [-0.1, -0.05) is 36.4 Å². The van der Waals surface area contributed by atoms with Crippen molar-refractivity contribution in [3.8, 4) is 11.5 Å². The smallest absolute Gasteiger partial charge is 0.333 e. The third kappa shape index (κ3) is 4.88. The van der Waals surface area contributed by atoms with Crippen LogP contribution in [-0.4, -0.2) is 23.5 Å². The maximum Gasteiger partial charge on any atom is 0.333 e. The first kappa shape index (κ1) is 22.5. The maximum atomic E-state index is 12.8. The maximum absolute atomic E-state index is 12.8. The van der Waals surface area contributed by atoms with E-state index in [4.69, 9.17) is 9.47 Å². The van der Waals surface area contributed by atoms with Gasteiger partial charge in [-0.3, -0.25) is 14.9 Å². The Morgan fingerprint density at radius 2 is 1.76 bits per heavy atom. The number of nitrogens with one attached hydrogen (secondary N) is 1. The number of urea groups is 1. The monoisotopic (exact) mass is 459 g/mol. The van der Waals surface area contributed by atoms with E-state index in [1.165, 1.54) is 12.1 Å². The Balaban J connectivity index is 1.54. The van der Waals surface area contributed by atoms with Crippen molar-refractivity contribution in [1.82, 2.24) is 5.32 Å². The minimum atomic E-state index is -0.524. The third-order valence-corrected chi connectivity index (χ3v) is 4.99. The van der Waals surface area contributed by atoms with Crippen LogP contribution in [0, 0.1) is 10.1 Å². The molecule has 0 saturated carbocycles. The molecule has 34 heavy (non-hydrogen) atoms. The molecular formula is C25H21N3O6. The molecule has 172 valence electrons. The molecule has 1 N–H and O–H groups in total. The molecule has 1 aliphatic rings. The van der Waals surface area contributed by atoms with Gasteiger partial charge in [0.05, 0.1) is 17.2 Å². The molecule has 0 spiro atoms. The molecule has 4 rings (SSSR count). The fourth-order valence-electron chi connectivity index (χ4n) is 3.44. The van der Waals surface area contributed by atoms with Gasteiger partial charge < -0.3 is 14.8 Å². The van der Waals surface area contributed by atoms with Crippen molar-refractivity contribution in [2.24, 2.45) is 0 Å². The number of hydrogen-bond donors (Lipinski definition) is 1. The van der Waals surface area contributed by atoms with E-state index in [1.54, 1.807) is 66.7 Å². The van der Waals surface area contributed by atoms with Crippen molar-refractivity contribution in [3.05, 3.63) is 99.7 Å². The Kier molecular flexibility index (Phi) is 6.54. The van der Waals surface area contributed by atoms with Crippen molar-refractivity contribution in [1.29, 1.82) is 0 Å².